The van der Waals surface area contributed by atoms with Crippen LogP contribution in [-0.2, 0) is 16.0 Å². The molecule has 34 heavy (non-hydrogen) atoms. The molecule has 4 aromatic rings. The van der Waals surface area contributed by atoms with Gasteiger partial charge in [-0.2, -0.15) is 0 Å². The molecule has 3 N–H and O–H groups in total. The number of aromatic amines is 1. The highest BCUT2D eigenvalue weighted by atomic mass is 16.5. The number of ether oxygens (including phenoxy) is 1. The summed E-state index contributed by atoms with van der Waals surface area (Å²) in [7, 11) is 0. The minimum absolute atomic E-state index is 0.190. The molecule has 0 saturated carbocycles. The van der Waals surface area contributed by atoms with Gasteiger partial charge in [0.25, 0.3) is 11.8 Å². The van der Waals surface area contributed by atoms with Gasteiger partial charge in [0, 0.05) is 29.7 Å². The van der Waals surface area contributed by atoms with Crippen molar-refractivity contribution in [2.75, 3.05) is 11.9 Å². The van der Waals surface area contributed by atoms with Crippen LogP contribution in [0.1, 0.15) is 33.3 Å². The first-order valence-corrected chi connectivity index (χ1v) is 10.9. The first-order valence-electron chi connectivity index (χ1n) is 10.9. The molecular formula is C26H24N4O4. The summed E-state index contributed by atoms with van der Waals surface area (Å²) in [6.45, 7) is 1.89. The average molecular weight is 457 g/mol. The zero-order valence-corrected chi connectivity index (χ0v) is 18.6. The van der Waals surface area contributed by atoms with Crippen LogP contribution in [0.3, 0.4) is 0 Å². The summed E-state index contributed by atoms with van der Waals surface area (Å²) in [6, 6.07) is 18.6. The number of esters is 1. The van der Waals surface area contributed by atoms with Gasteiger partial charge in [0.2, 0.25) is 0 Å². The van der Waals surface area contributed by atoms with Crippen molar-refractivity contribution in [3.8, 4) is 0 Å². The number of aromatic nitrogens is 2. The summed E-state index contributed by atoms with van der Waals surface area (Å²) in [5, 5.41) is 6.44. The first-order chi connectivity index (χ1) is 16.5. The molecular weight excluding hydrogens is 432 g/mol. The Morgan fingerprint density at radius 1 is 1.00 bits per heavy atom. The van der Waals surface area contributed by atoms with Gasteiger partial charge >= 0.3 is 5.97 Å². The lowest BCUT2D eigenvalue weighted by Gasteiger charge is -2.18. The van der Waals surface area contributed by atoms with Crippen LogP contribution in [0, 0.1) is 0 Å². The fourth-order valence-electron chi connectivity index (χ4n) is 3.60. The number of pyridine rings is 1. The monoisotopic (exact) mass is 456 g/mol. The highest BCUT2D eigenvalue weighted by Gasteiger charge is 2.25. The number of nitrogens with one attached hydrogen (secondary N) is 3. The Balaban J connectivity index is 1.53. The standard InChI is InChI=1S/C26H24N4O4/c1-2-34-26(33)23(14-17-8-7-13-27-16-17)30-24(31)19-10-4-6-12-21(19)29-25(32)22-15-18-9-3-5-11-20(18)28-22/h3-13,15-16,23,28H,2,14H2,1H3,(H,29,32)(H,30,31). The Bertz CT molecular complexity index is 1280. The van der Waals surface area contributed by atoms with Gasteiger partial charge in [0.05, 0.1) is 17.9 Å². The van der Waals surface area contributed by atoms with E-state index < -0.39 is 17.9 Å². The summed E-state index contributed by atoms with van der Waals surface area (Å²) in [6.07, 6.45) is 3.49. The van der Waals surface area contributed by atoms with Gasteiger partial charge in [-0.05, 0) is 42.8 Å². The number of H-pyrrole nitrogens is 1. The smallest absolute Gasteiger partial charge is 0.328 e. The molecule has 0 aliphatic carbocycles. The number of carbonyl (C=O) groups excluding carboxylic acids is 3. The lowest BCUT2D eigenvalue weighted by atomic mass is 10.1. The van der Waals surface area contributed by atoms with E-state index >= 15 is 0 Å². The van der Waals surface area contributed by atoms with Crippen LogP contribution < -0.4 is 10.6 Å². The largest absolute Gasteiger partial charge is 0.464 e. The van der Waals surface area contributed by atoms with Gasteiger partial charge < -0.3 is 20.4 Å². The zero-order valence-electron chi connectivity index (χ0n) is 18.6. The van der Waals surface area contributed by atoms with Crippen molar-refractivity contribution < 1.29 is 19.1 Å². The topological polar surface area (TPSA) is 113 Å². The Morgan fingerprint density at radius 2 is 1.79 bits per heavy atom. The fourth-order valence-corrected chi connectivity index (χ4v) is 3.60. The van der Waals surface area contributed by atoms with E-state index in [0.29, 0.717) is 11.4 Å². The van der Waals surface area contributed by atoms with E-state index in [1.54, 1.807) is 55.7 Å². The molecule has 8 nitrogen and oxygen atoms in total. The lowest BCUT2D eigenvalue weighted by Crippen LogP contribution is -2.43. The average Bonchev–Trinajstić information content (AvgIpc) is 3.29. The summed E-state index contributed by atoms with van der Waals surface area (Å²) < 4.78 is 5.15. The number of anilines is 1. The zero-order chi connectivity index (χ0) is 23.9. The molecule has 172 valence electrons. The molecule has 0 saturated heterocycles. The summed E-state index contributed by atoms with van der Waals surface area (Å²) in [4.78, 5) is 45.6. The van der Waals surface area contributed by atoms with Crippen molar-refractivity contribution in [1.82, 2.24) is 15.3 Å². The molecule has 2 amide bonds. The normalized spacial score (nSPS) is 11.6. The third-order valence-electron chi connectivity index (χ3n) is 5.23. The Hall–Kier alpha value is -4.46. The van der Waals surface area contributed by atoms with Crippen molar-refractivity contribution in [2.24, 2.45) is 0 Å². The Morgan fingerprint density at radius 3 is 2.56 bits per heavy atom. The number of para-hydroxylation sites is 2. The van der Waals surface area contributed by atoms with E-state index in [9.17, 15) is 14.4 Å². The Kier molecular flexibility index (Phi) is 6.98. The molecule has 4 rings (SSSR count). The second kappa shape index (κ2) is 10.4. The van der Waals surface area contributed by atoms with Gasteiger partial charge in [0.1, 0.15) is 11.7 Å². The van der Waals surface area contributed by atoms with Crippen LogP contribution in [0.2, 0.25) is 0 Å². The number of carbonyl (C=O) groups is 3. The van der Waals surface area contributed by atoms with Gasteiger partial charge in [0.15, 0.2) is 0 Å². The summed E-state index contributed by atoms with van der Waals surface area (Å²) in [5.41, 5.74) is 2.55. The second-order valence-electron chi connectivity index (χ2n) is 7.61. The molecule has 2 aromatic heterocycles. The number of amides is 2. The molecule has 0 radical (unpaired) electrons. The van der Waals surface area contributed by atoms with Crippen LogP contribution in [0.5, 0.6) is 0 Å². The van der Waals surface area contributed by atoms with Gasteiger partial charge in [-0.3, -0.25) is 14.6 Å². The van der Waals surface area contributed by atoms with E-state index in [4.69, 9.17) is 4.74 Å². The van der Waals surface area contributed by atoms with Crippen LogP contribution in [0.25, 0.3) is 10.9 Å². The number of rotatable bonds is 8. The van der Waals surface area contributed by atoms with Gasteiger partial charge in [-0.1, -0.05) is 36.4 Å². The maximum atomic E-state index is 13.1. The van der Waals surface area contributed by atoms with Crippen LogP contribution in [0.4, 0.5) is 5.69 Å². The predicted octanol–water partition coefficient (Wildman–Crippen LogP) is 3.72. The number of benzene rings is 2. The molecule has 2 aromatic carbocycles. The van der Waals surface area contributed by atoms with E-state index in [2.05, 4.69) is 20.6 Å². The maximum Gasteiger partial charge on any atom is 0.328 e. The maximum absolute atomic E-state index is 13.1. The first kappa shape index (κ1) is 22.7. The molecule has 8 heteroatoms. The second-order valence-corrected chi connectivity index (χ2v) is 7.61. The molecule has 0 aliphatic heterocycles. The third kappa shape index (κ3) is 5.29. The molecule has 0 spiro atoms. The van der Waals surface area contributed by atoms with E-state index in [1.807, 2.05) is 30.3 Å². The minimum atomic E-state index is -0.908. The summed E-state index contributed by atoms with van der Waals surface area (Å²) >= 11 is 0. The molecule has 1 unspecified atom stereocenters. The van der Waals surface area contributed by atoms with Gasteiger partial charge in [-0.15, -0.1) is 0 Å². The van der Waals surface area contributed by atoms with Crippen molar-refractivity contribution in [3.63, 3.8) is 0 Å². The van der Waals surface area contributed by atoms with Gasteiger partial charge in [-0.25, -0.2) is 4.79 Å². The SMILES string of the molecule is CCOC(=O)C(Cc1cccnc1)NC(=O)c1ccccc1NC(=O)c1cc2ccccc2[nH]1. The van der Waals surface area contributed by atoms with Crippen LogP contribution in [-0.4, -0.2) is 40.4 Å². The number of hydrogen-bond acceptors (Lipinski definition) is 5. The molecule has 2 heterocycles. The highest BCUT2D eigenvalue weighted by molar-refractivity contribution is 6.10. The molecule has 0 fully saturated rings. The molecule has 0 bridgehead atoms. The van der Waals surface area contributed by atoms with Crippen molar-refractivity contribution in [3.05, 3.63) is 95.9 Å². The number of hydrogen-bond donors (Lipinski definition) is 3. The summed E-state index contributed by atoms with van der Waals surface area (Å²) in [5.74, 6) is -1.43. The van der Waals surface area contributed by atoms with E-state index in [1.165, 1.54) is 0 Å². The van der Waals surface area contributed by atoms with E-state index in [0.717, 1.165) is 16.5 Å². The predicted molar refractivity (Wildman–Crippen MR) is 129 cm³/mol. The van der Waals surface area contributed by atoms with Crippen LogP contribution in [0.15, 0.2) is 79.1 Å². The number of nitrogens with zero attached hydrogens (tertiary/aromatic N) is 1. The highest BCUT2D eigenvalue weighted by Crippen LogP contribution is 2.19. The third-order valence-corrected chi connectivity index (χ3v) is 5.23. The quantitative estimate of drug-likeness (QED) is 0.350. The fraction of sp³-hybridized carbons (Fsp3) is 0.154. The molecule has 0 aliphatic rings. The Labute approximate surface area is 196 Å². The van der Waals surface area contributed by atoms with Crippen molar-refractivity contribution >= 4 is 34.4 Å². The molecule has 1 atom stereocenters. The van der Waals surface area contributed by atoms with Crippen molar-refractivity contribution in [1.29, 1.82) is 0 Å². The number of fused-ring (bicyclic) bond motifs is 1. The minimum Gasteiger partial charge on any atom is -0.464 e. The van der Waals surface area contributed by atoms with Crippen molar-refractivity contribution in [2.45, 2.75) is 19.4 Å². The lowest BCUT2D eigenvalue weighted by molar-refractivity contribution is -0.145. The van der Waals surface area contributed by atoms with Crippen LogP contribution >= 0.6 is 0 Å². The van der Waals surface area contributed by atoms with E-state index in [-0.39, 0.29) is 24.5 Å².